The molecule has 0 aromatic heterocycles. The fraction of sp³-hybridized carbons (Fsp3) is 0.406. The van der Waals surface area contributed by atoms with Crippen molar-refractivity contribution in [2.24, 2.45) is 5.92 Å². The van der Waals surface area contributed by atoms with Gasteiger partial charge in [0.15, 0.2) is 5.78 Å². The molecule has 0 bridgehead atoms. The van der Waals surface area contributed by atoms with E-state index < -0.39 is 0 Å². The molecule has 0 spiro atoms. The lowest BCUT2D eigenvalue weighted by molar-refractivity contribution is 0.0925. The van der Waals surface area contributed by atoms with Gasteiger partial charge in [0.25, 0.3) is 0 Å². The number of aryl methyl sites for hydroxylation is 1. The fourth-order valence-electron chi connectivity index (χ4n) is 5.70. The molecule has 3 nitrogen and oxygen atoms in total. The number of carbonyl (C=O) groups excluding carboxylic acids is 1. The Morgan fingerprint density at radius 3 is 2.23 bits per heavy atom. The minimum atomic E-state index is 0.329. The summed E-state index contributed by atoms with van der Waals surface area (Å²) in [5.74, 6) is 0.839. The van der Waals surface area contributed by atoms with E-state index in [2.05, 4.69) is 89.5 Å². The van der Waals surface area contributed by atoms with Gasteiger partial charge in [0.1, 0.15) is 0 Å². The number of rotatable bonds is 7. The highest BCUT2D eigenvalue weighted by Crippen LogP contribution is 2.26. The number of nitrogens with zero attached hydrogens (tertiary/aromatic N) is 2. The first-order chi connectivity index (χ1) is 17.1. The van der Waals surface area contributed by atoms with Gasteiger partial charge in [-0.2, -0.15) is 0 Å². The molecule has 0 N–H and O–H groups in total. The lowest BCUT2D eigenvalue weighted by Crippen LogP contribution is -2.34. The number of fused-ring (bicyclic) bond motifs is 1. The lowest BCUT2D eigenvalue weighted by atomic mass is 9.88. The summed E-state index contributed by atoms with van der Waals surface area (Å²) in [5, 5.41) is 0. The monoisotopic (exact) mass is 466 g/mol. The largest absolute Gasteiger partial charge is 0.299 e. The number of likely N-dealkylation sites (tertiary alicyclic amines) is 1. The summed E-state index contributed by atoms with van der Waals surface area (Å²) in [6.45, 7) is 8.54. The zero-order chi connectivity index (χ0) is 24.0. The number of hydrogen-bond acceptors (Lipinski definition) is 3. The molecule has 182 valence electrons. The van der Waals surface area contributed by atoms with Crippen LogP contribution in [0.1, 0.15) is 57.4 Å². The quantitative estimate of drug-likeness (QED) is 0.394. The van der Waals surface area contributed by atoms with Crippen LogP contribution in [0, 0.1) is 12.8 Å². The first kappa shape index (κ1) is 24.0. The first-order valence-electron chi connectivity index (χ1n) is 13.3. The summed E-state index contributed by atoms with van der Waals surface area (Å²) in [6, 6.07) is 25.9. The lowest BCUT2D eigenvalue weighted by Gasteiger charge is -2.32. The van der Waals surface area contributed by atoms with Gasteiger partial charge in [0.05, 0.1) is 0 Å². The molecule has 0 aliphatic carbocycles. The van der Waals surface area contributed by atoms with Gasteiger partial charge in [-0.3, -0.25) is 14.6 Å². The molecule has 0 radical (unpaired) electrons. The SMILES string of the molecule is Cc1ccccc1CN1CCC(CC(=O)c2ccc3c(c2)CCN(Cc2ccccc2)CC3)CC1. The summed E-state index contributed by atoms with van der Waals surface area (Å²) in [7, 11) is 0. The molecule has 0 amide bonds. The summed E-state index contributed by atoms with van der Waals surface area (Å²) >= 11 is 0. The van der Waals surface area contributed by atoms with Crippen LogP contribution in [0.3, 0.4) is 0 Å². The second-order valence-electron chi connectivity index (χ2n) is 10.5. The standard InChI is InChI=1S/C32H38N2O/c1-25-7-5-6-10-31(25)24-34-17-13-26(14-18-34)21-32(35)30-12-11-28-15-19-33(20-16-29(28)22-30)23-27-8-3-2-4-9-27/h2-12,22,26H,13-21,23-24H2,1H3. The van der Waals surface area contributed by atoms with E-state index >= 15 is 0 Å². The molecule has 3 aromatic rings. The molecule has 35 heavy (non-hydrogen) atoms. The van der Waals surface area contributed by atoms with Crippen molar-refractivity contribution in [3.63, 3.8) is 0 Å². The van der Waals surface area contributed by atoms with Crippen molar-refractivity contribution >= 4 is 5.78 Å². The summed E-state index contributed by atoms with van der Waals surface area (Å²) in [5.41, 5.74) is 7.88. The number of benzene rings is 3. The third-order valence-corrected chi connectivity index (χ3v) is 8.01. The Kier molecular flexibility index (Phi) is 7.75. The van der Waals surface area contributed by atoms with Gasteiger partial charge >= 0.3 is 0 Å². The van der Waals surface area contributed by atoms with Crippen molar-refractivity contribution in [1.82, 2.24) is 9.80 Å². The number of Topliss-reactive ketones (excluding diaryl/α,β-unsaturated/α-hetero) is 1. The van der Waals surface area contributed by atoms with Crippen LogP contribution in [-0.2, 0) is 25.9 Å². The smallest absolute Gasteiger partial charge is 0.163 e. The van der Waals surface area contributed by atoms with Crippen molar-refractivity contribution in [3.8, 4) is 0 Å². The number of ketones is 1. The molecular formula is C32H38N2O. The molecule has 2 aliphatic rings. The Balaban J connectivity index is 1.13. The van der Waals surface area contributed by atoms with E-state index in [-0.39, 0.29) is 0 Å². The Hall–Kier alpha value is -2.75. The third-order valence-electron chi connectivity index (χ3n) is 8.01. The van der Waals surface area contributed by atoms with Crippen LogP contribution in [0.2, 0.25) is 0 Å². The Labute approximate surface area is 210 Å². The van der Waals surface area contributed by atoms with Crippen LogP contribution in [0.5, 0.6) is 0 Å². The summed E-state index contributed by atoms with van der Waals surface area (Å²) in [4.78, 5) is 18.3. The van der Waals surface area contributed by atoms with E-state index in [0.29, 0.717) is 18.1 Å². The molecule has 0 saturated carbocycles. The fourth-order valence-corrected chi connectivity index (χ4v) is 5.70. The maximum Gasteiger partial charge on any atom is 0.163 e. The summed E-state index contributed by atoms with van der Waals surface area (Å²) < 4.78 is 0. The van der Waals surface area contributed by atoms with Crippen LogP contribution < -0.4 is 0 Å². The van der Waals surface area contributed by atoms with Crippen LogP contribution in [-0.4, -0.2) is 41.8 Å². The van der Waals surface area contributed by atoms with E-state index in [1.165, 1.54) is 27.8 Å². The second kappa shape index (κ2) is 11.3. The number of hydrogen-bond donors (Lipinski definition) is 0. The Morgan fingerprint density at radius 1 is 0.771 bits per heavy atom. The third kappa shape index (κ3) is 6.28. The van der Waals surface area contributed by atoms with Crippen LogP contribution in [0.4, 0.5) is 0 Å². The van der Waals surface area contributed by atoms with Gasteiger partial charge < -0.3 is 0 Å². The van der Waals surface area contributed by atoms with E-state index in [1.807, 2.05) is 0 Å². The maximum atomic E-state index is 13.2. The van der Waals surface area contributed by atoms with Crippen molar-refractivity contribution in [2.45, 2.75) is 52.1 Å². The van der Waals surface area contributed by atoms with E-state index in [1.54, 1.807) is 0 Å². The first-order valence-corrected chi connectivity index (χ1v) is 13.3. The Morgan fingerprint density at radius 2 is 1.46 bits per heavy atom. The van der Waals surface area contributed by atoms with E-state index in [4.69, 9.17) is 0 Å². The van der Waals surface area contributed by atoms with Gasteiger partial charge in [-0.25, -0.2) is 0 Å². The van der Waals surface area contributed by atoms with Gasteiger partial charge in [0, 0.05) is 38.2 Å². The minimum Gasteiger partial charge on any atom is -0.299 e. The molecule has 3 heteroatoms. The van der Waals surface area contributed by atoms with Crippen molar-refractivity contribution in [3.05, 3.63) is 106 Å². The molecule has 1 saturated heterocycles. The molecule has 1 fully saturated rings. The van der Waals surface area contributed by atoms with Gasteiger partial charge in [-0.1, -0.05) is 66.7 Å². The molecule has 0 unspecified atom stereocenters. The number of carbonyl (C=O) groups is 1. The Bertz CT molecular complexity index is 1130. The van der Waals surface area contributed by atoms with E-state index in [0.717, 1.165) is 70.5 Å². The average molecular weight is 467 g/mol. The molecule has 3 aromatic carbocycles. The van der Waals surface area contributed by atoms with Crippen LogP contribution in [0.15, 0.2) is 72.8 Å². The molecule has 5 rings (SSSR count). The van der Waals surface area contributed by atoms with Crippen molar-refractivity contribution < 1.29 is 4.79 Å². The van der Waals surface area contributed by atoms with E-state index in [9.17, 15) is 4.79 Å². The zero-order valence-electron chi connectivity index (χ0n) is 21.1. The van der Waals surface area contributed by atoms with Gasteiger partial charge in [-0.05, 0) is 85.5 Å². The average Bonchev–Trinajstić information content (AvgIpc) is 3.09. The van der Waals surface area contributed by atoms with Crippen LogP contribution >= 0.6 is 0 Å². The predicted molar refractivity (Wildman–Crippen MR) is 144 cm³/mol. The second-order valence-corrected chi connectivity index (χ2v) is 10.5. The van der Waals surface area contributed by atoms with Gasteiger partial charge in [0.2, 0.25) is 0 Å². The highest BCUT2D eigenvalue weighted by atomic mass is 16.1. The maximum absolute atomic E-state index is 13.2. The highest BCUT2D eigenvalue weighted by molar-refractivity contribution is 5.96. The molecule has 0 atom stereocenters. The molecular weight excluding hydrogens is 428 g/mol. The minimum absolute atomic E-state index is 0.329. The number of piperidine rings is 1. The normalized spacial score (nSPS) is 17.6. The molecule has 2 aliphatic heterocycles. The van der Waals surface area contributed by atoms with Crippen molar-refractivity contribution in [1.29, 1.82) is 0 Å². The van der Waals surface area contributed by atoms with Crippen molar-refractivity contribution in [2.75, 3.05) is 26.2 Å². The zero-order valence-corrected chi connectivity index (χ0v) is 21.1. The summed E-state index contributed by atoms with van der Waals surface area (Å²) in [6.07, 6.45) is 5.03. The van der Waals surface area contributed by atoms with Crippen LogP contribution in [0.25, 0.3) is 0 Å². The highest BCUT2D eigenvalue weighted by Gasteiger charge is 2.23. The topological polar surface area (TPSA) is 23.6 Å². The predicted octanol–water partition coefficient (Wildman–Crippen LogP) is 6.08. The van der Waals surface area contributed by atoms with Gasteiger partial charge in [-0.15, -0.1) is 0 Å². The molecule has 2 heterocycles.